The molecule has 2 aliphatic rings. The topological polar surface area (TPSA) is 58.6 Å². The lowest BCUT2D eigenvalue weighted by Gasteiger charge is -2.22. The number of carbonyl (C=O) groups excluding carboxylic acids is 2. The van der Waals surface area contributed by atoms with Gasteiger partial charge in [-0.3, -0.25) is 9.59 Å². The number of fused-ring (bicyclic) bond motifs is 3. The van der Waals surface area contributed by atoms with E-state index >= 15 is 0 Å². The van der Waals surface area contributed by atoms with E-state index in [0.29, 0.717) is 17.9 Å². The maximum atomic E-state index is 12.7. The van der Waals surface area contributed by atoms with Crippen molar-refractivity contribution in [1.29, 1.82) is 0 Å². The van der Waals surface area contributed by atoms with Gasteiger partial charge in [-0.25, -0.2) is 0 Å². The number of benzene rings is 2. The molecule has 2 aromatic rings. The number of carbonyl (C=O) groups is 2. The molecule has 0 aliphatic carbocycles. The Morgan fingerprint density at radius 3 is 2.96 bits per heavy atom. The van der Waals surface area contributed by atoms with Crippen molar-refractivity contribution in [1.82, 2.24) is 10.2 Å². The van der Waals surface area contributed by atoms with Gasteiger partial charge in [-0.2, -0.15) is 0 Å². The zero-order valence-corrected chi connectivity index (χ0v) is 14.6. The van der Waals surface area contributed by atoms with E-state index in [4.69, 9.17) is 4.74 Å². The fourth-order valence-electron chi connectivity index (χ4n) is 3.33. The van der Waals surface area contributed by atoms with E-state index in [2.05, 4.69) is 5.32 Å². The Kier molecular flexibility index (Phi) is 4.13. The Labute approximate surface area is 150 Å². The molecular weight excluding hydrogens is 336 g/mol. The fourth-order valence-corrected chi connectivity index (χ4v) is 4.80. The van der Waals surface area contributed by atoms with Gasteiger partial charge in [0.05, 0.1) is 7.11 Å². The minimum Gasteiger partial charge on any atom is -0.497 e. The molecule has 4 rings (SSSR count). The molecule has 0 radical (unpaired) electrons. The maximum absolute atomic E-state index is 12.7. The van der Waals surface area contributed by atoms with Gasteiger partial charge in [0.15, 0.2) is 0 Å². The van der Waals surface area contributed by atoms with Crippen molar-refractivity contribution in [3.63, 3.8) is 0 Å². The summed E-state index contributed by atoms with van der Waals surface area (Å²) in [5.41, 5.74) is 2.69. The van der Waals surface area contributed by atoms with Crippen molar-refractivity contribution in [2.45, 2.75) is 18.0 Å². The van der Waals surface area contributed by atoms with Crippen LogP contribution in [-0.2, 0) is 11.3 Å². The molecule has 0 saturated carbocycles. The van der Waals surface area contributed by atoms with Crippen molar-refractivity contribution >= 4 is 23.6 Å². The van der Waals surface area contributed by atoms with Crippen LogP contribution in [0.4, 0.5) is 0 Å². The lowest BCUT2D eigenvalue weighted by atomic mass is 10.1. The quantitative estimate of drug-likeness (QED) is 0.917. The summed E-state index contributed by atoms with van der Waals surface area (Å²) in [6.07, 6.45) is 0. The molecule has 0 spiro atoms. The van der Waals surface area contributed by atoms with Crippen molar-refractivity contribution in [2.75, 3.05) is 12.9 Å². The van der Waals surface area contributed by atoms with Gasteiger partial charge in [-0.1, -0.05) is 30.3 Å². The summed E-state index contributed by atoms with van der Waals surface area (Å²) < 4.78 is 5.20. The Bertz CT molecular complexity index is 839. The number of methoxy groups -OCH3 is 1. The van der Waals surface area contributed by atoms with E-state index < -0.39 is 6.04 Å². The minimum atomic E-state index is -0.430. The van der Waals surface area contributed by atoms with E-state index in [0.717, 1.165) is 16.9 Å². The van der Waals surface area contributed by atoms with E-state index in [1.807, 2.05) is 48.5 Å². The highest BCUT2D eigenvalue weighted by atomic mass is 32.2. The van der Waals surface area contributed by atoms with Crippen LogP contribution in [0.5, 0.6) is 5.75 Å². The molecule has 5 nitrogen and oxygen atoms in total. The summed E-state index contributed by atoms with van der Waals surface area (Å²) in [5.74, 6) is 1.22. The molecule has 25 heavy (non-hydrogen) atoms. The van der Waals surface area contributed by atoms with E-state index in [-0.39, 0.29) is 17.2 Å². The number of hydrogen-bond acceptors (Lipinski definition) is 4. The molecule has 2 aromatic carbocycles. The summed E-state index contributed by atoms with van der Waals surface area (Å²) in [7, 11) is 1.62. The first kappa shape index (κ1) is 16.0. The predicted octanol–water partition coefficient (Wildman–Crippen LogP) is 2.58. The first-order valence-corrected chi connectivity index (χ1v) is 9.18. The smallest absolute Gasteiger partial charge is 0.256 e. The average Bonchev–Trinajstić information content (AvgIpc) is 3.21. The SMILES string of the molecule is COc1cccc(CNC(=O)[C@@H]2CS[C@@H]3c4ccccc4C(=O)N32)c1. The van der Waals surface area contributed by atoms with E-state index in [1.54, 1.807) is 23.8 Å². The van der Waals surface area contributed by atoms with Crippen LogP contribution in [0.3, 0.4) is 0 Å². The van der Waals surface area contributed by atoms with Crippen LogP contribution in [0.1, 0.15) is 26.9 Å². The summed E-state index contributed by atoms with van der Waals surface area (Å²) in [4.78, 5) is 27.0. The van der Waals surface area contributed by atoms with Crippen molar-refractivity contribution in [2.24, 2.45) is 0 Å². The first-order chi connectivity index (χ1) is 12.2. The third-order valence-corrected chi connectivity index (χ3v) is 5.90. The zero-order chi connectivity index (χ0) is 17.4. The molecule has 2 heterocycles. The monoisotopic (exact) mass is 354 g/mol. The molecule has 0 aromatic heterocycles. The van der Waals surface area contributed by atoms with Crippen LogP contribution in [-0.4, -0.2) is 35.6 Å². The molecule has 6 heteroatoms. The van der Waals surface area contributed by atoms with E-state index in [1.165, 1.54) is 0 Å². The number of amides is 2. The van der Waals surface area contributed by atoms with E-state index in [9.17, 15) is 9.59 Å². The Morgan fingerprint density at radius 1 is 1.28 bits per heavy atom. The van der Waals surface area contributed by atoms with Gasteiger partial charge in [-0.15, -0.1) is 11.8 Å². The number of rotatable bonds is 4. The highest BCUT2D eigenvalue weighted by Crippen LogP contribution is 2.48. The Morgan fingerprint density at radius 2 is 2.12 bits per heavy atom. The molecular formula is C19H18N2O3S. The van der Waals surface area contributed by atoms with Crippen LogP contribution in [0.15, 0.2) is 48.5 Å². The highest BCUT2D eigenvalue weighted by molar-refractivity contribution is 7.99. The molecule has 2 amide bonds. The summed E-state index contributed by atoms with van der Waals surface area (Å²) in [5, 5.41) is 2.91. The average molecular weight is 354 g/mol. The first-order valence-electron chi connectivity index (χ1n) is 8.13. The predicted molar refractivity (Wildman–Crippen MR) is 96.4 cm³/mol. The van der Waals surface area contributed by atoms with Crippen molar-refractivity contribution in [3.8, 4) is 5.75 Å². The van der Waals surface area contributed by atoms with Gasteiger partial charge in [-0.05, 0) is 29.3 Å². The number of hydrogen-bond donors (Lipinski definition) is 1. The number of ether oxygens (including phenoxy) is 1. The molecule has 128 valence electrons. The van der Waals surface area contributed by atoms with Crippen molar-refractivity contribution < 1.29 is 14.3 Å². The van der Waals surface area contributed by atoms with Gasteiger partial charge >= 0.3 is 0 Å². The number of nitrogens with one attached hydrogen (secondary N) is 1. The summed E-state index contributed by atoms with van der Waals surface area (Å²) >= 11 is 1.65. The fraction of sp³-hybridized carbons (Fsp3) is 0.263. The Hall–Kier alpha value is -2.47. The third-order valence-electron chi connectivity index (χ3n) is 4.60. The standard InChI is InChI=1S/C19H18N2O3S/c1-24-13-6-4-5-12(9-13)10-20-17(22)16-11-25-19-15-8-3-2-7-14(15)18(23)21(16)19/h2-9,16,19H,10-11H2,1H3,(H,20,22)/t16-,19+/m0/s1. The molecule has 0 unspecified atom stereocenters. The Balaban J connectivity index is 1.46. The van der Waals surface area contributed by atoms with Crippen LogP contribution >= 0.6 is 11.8 Å². The second-order valence-electron chi connectivity index (χ2n) is 6.07. The van der Waals surface area contributed by atoms with Crippen LogP contribution in [0.2, 0.25) is 0 Å². The zero-order valence-electron chi connectivity index (χ0n) is 13.8. The second-order valence-corrected chi connectivity index (χ2v) is 7.18. The maximum Gasteiger partial charge on any atom is 0.256 e. The van der Waals surface area contributed by atoms with Gasteiger partial charge in [0.2, 0.25) is 5.91 Å². The largest absolute Gasteiger partial charge is 0.497 e. The van der Waals surface area contributed by atoms with Crippen molar-refractivity contribution in [3.05, 3.63) is 65.2 Å². The normalized spacial score (nSPS) is 21.0. The van der Waals surface area contributed by atoms with Gasteiger partial charge in [0, 0.05) is 17.9 Å². The lowest BCUT2D eigenvalue weighted by molar-refractivity contribution is -0.124. The summed E-state index contributed by atoms with van der Waals surface area (Å²) in [6.45, 7) is 0.414. The molecule has 1 N–H and O–H groups in total. The summed E-state index contributed by atoms with van der Waals surface area (Å²) in [6, 6.07) is 14.8. The lowest BCUT2D eigenvalue weighted by Crippen LogP contribution is -2.45. The minimum absolute atomic E-state index is 0.0451. The van der Waals surface area contributed by atoms with Gasteiger partial charge in [0.25, 0.3) is 5.91 Å². The van der Waals surface area contributed by atoms with Gasteiger partial charge < -0.3 is 15.0 Å². The second kappa shape index (κ2) is 6.44. The molecule has 0 bridgehead atoms. The molecule has 1 fully saturated rings. The van der Waals surface area contributed by atoms with Crippen LogP contribution in [0.25, 0.3) is 0 Å². The third kappa shape index (κ3) is 2.76. The van der Waals surface area contributed by atoms with Crippen LogP contribution in [0, 0.1) is 0 Å². The molecule has 2 atom stereocenters. The number of thioether (sulfide) groups is 1. The molecule has 2 aliphatic heterocycles. The number of nitrogens with zero attached hydrogens (tertiary/aromatic N) is 1. The molecule has 1 saturated heterocycles. The highest BCUT2D eigenvalue weighted by Gasteiger charge is 2.48. The van der Waals surface area contributed by atoms with Crippen LogP contribution < -0.4 is 10.1 Å². The van der Waals surface area contributed by atoms with Gasteiger partial charge in [0.1, 0.15) is 17.2 Å².